The van der Waals surface area contributed by atoms with Gasteiger partial charge in [-0.2, -0.15) is 5.10 Å². The molecule has 4 rings (SSSR count). The average molecular weight is 320 g/mol. The van der Waals surface area contributed by atoms with Crippen LogP contribution in [0.2, 0.25) is 0 Å². The molecule has 0 aliphatic carbocycles. The summed E-state index contributed by atoms with van der Waals surface area (Å²) in [6.45, 7) is 2.00. The molecule has 3 aromatic rings. The number of carbonyl (C=O) groups is 1. The van der Waals surface area contributed by atoms with E-state index in [-0.39, 0.29) is 11.9 Å². The Kier molecular flexibility index (Phi) is 4.01. The van der Waals surface area contributed by atoms with Crippen LogP contribution in [0.5, 0.6) is 0 Å². The van der Waals surface area contributed by atoms with Gasteiger partial charge in [0.25, 0.3) is 0 Å². The summed E-state index contributed by atoms with van der Waals surface area (Å²) in [5.74, 6) is 0.0924. The molecule has 24 heavy (non-hydrogen) atoms. The van der Waals surface area contributed by atoms with Crippen LogP contribution >= 0.6 is 0 Å². The normalized spacial score (nSPS) is 18.7. The molecule has 0 spiro atoms. The van der Waals surface area contributed by atoms with E-state index in [9.17, 15) is 4.79 Å². The summed E-state index contributed by atoms with van der Waals surface area (Å²) in [4.78, 5) is 14.3. The summed E-state index contributed by atoms with van der Waals surface area (Å²) in [6.07, 6.45) is 2.66. The summed E-state index contributed by atoms with van der Waals surface area (Å²) >= 11 is 0. The Morgan fingerprint density at radius 2 is 1.96 bits per heavy atom. The molecule has 1 saturated heterocycles. The third-order valence-corrected chi connectivity index (χ3v) is 4.42. The Morgan fingerprint density at radius 1 is 1.08 bits per heavy atom. The molecule has 1 aromatic carbocycles. The number of hydrogen-bond acceptors (Lipinski definition) is 3. The maximum Gasteiger partial charge on any atom is 0.234 e. The molecule has 122 valence electrons. The Labute approximate surface area is 140 Å². The van der Waals surface area contributed by atoms with Crippen LogP contribution in [-0.2, 0) is 17.8 Å². The van der Waals surface area contributed by atoms with Gasteiger partial charge in [-0.15, -0.1) is 0 Å². The third kappa shape index (κ3) is 3.16. The number of piperazine rings is 1. The van der Waals surface area contributed by atoms with Gasteiger partial charge in [-0.05, 0) is 30.2 Å². The first-order valence-electron chi connectivity index (χ1n) is 8.25. The number of hydrogen-bond donors (Lipinski definition) is 1. The molecule has 1 fully saturated rings. The van der Waals surface area contributed by atoms with Crippen molar-refractivity contribution >= 4 is 11.4 Å². The molecule has 1 aliphatic heterocycles. The number of carbonyl (C=O) groups excluding carboxylic acids is 1. The molecule has 1 aliphatic rings. The van der Waals surface area contributed by atoms with Gasteiger partial charge in [0.15, 0.2) is 0 Å². The molecule has 0 unspecified atom stereocenters. The van der Waals surface area contributed by atoms with Crippen LogP contribution in [-0.4, -0.2) is 39.6 Å². The van der Waals surface area contributed by atoms with Crippen molar-refractivity contribution in [1.29, 1.82) is 0 Å². The van der Waals surface area contributed by atoms with Gasteiger partial charge in [-0.3, -0.25) is 9.69 Å². The van der Waals surface area contributed by atoms with Gasteiger partial charge < -0.3 is 5.32 Å². The van der Waals surface area contributed by atoms with Crippen LogP contribution in [0, 0.1) is 0 Å². The van der Waals surface area contributed by atoms with E-state index in [1.165, 1.54) is 5.56 Å². The van der Waals surface area contributed by atoms with E-state index in [1.54, 1.807) is 6.20 Å². The number of benzene rings is 1. The highest BCUT2D eigenvalue weighted by Crippen LogP contribution is 2.13. The van der Waals surface area contributed by atoms with Crippen LogP contribution in [0.4, 0.5) is 0 Å². The van der Waals surface area contributed by atoms with E-state index in [0.717, 1.165) is 30.7 Å². The summed E-state index contributed by atoms with van der Waals surface area (Å²) in [5.41, 5.74) is 3.43. The van der Waals surface area contributed by atoms with Crippen molar-refractivity contribution < 1.29 is 4.79 Å². The third-order valence-electron chi connectivity index (χ3n) is 4.42. The summed E-state index contributed by atoms with van der Waals surface area (Å²) in [6, 6.07) is 18.6. The Balaban J connectivity index is 1.49. The van der Waals surface area contributed by atoms with Gasteiger partial charge in [0.05, 0.1) is 17.8 Å². The molecule has 1 amide bonds. The first-order valence-corrected chi connectivity index (χ1v) is 8.25. The lowest BCUT2D eigenvalue weighted by atomic mass is 10.0. The minimum atomic E-state index is 0.0924. The molecule has 1 atom stereocenters. The lowest BCUT2D eigenvalue weighted by molar-refractivity contribution is -0.125. The van der Waals surface area contributed by atoms with Gasteiger partial charge >= 0.3 is 0 Å². The maximum atomic E-state index is 12.1. The fraction of sp³-hybridized carbons (Fsp3) is 0.263. The second-order valence-corrected chi connectivity index (χ2v) is 6.31. The summed E-state index contributed by atoms with van der Waals surface area (Å²) < 4.78 is 1.94. The number of aromatic nitrogens is 2. The molecule has 0 bridgehead atoms. The van der Waals surface area contributed by atoms with Crippen LogP contribution in [0.25, 0.3) is 5.52 Å². The number of rotatable bonds is 4. The zero-order chi connectivity index (χ0) is 16.4. The number of pyridine rings is 1. The predicted octanol–water partition coefficient (Wildman–Crippen LogP) is 1.88. The Morgan fingerprint density at radius 3 is 2.83 bits per heavy atom. The molecular weight excluding hydrogens is 300 g/mol. The summed E-state index contributed by atoms with van der Waals surface area (Å²) in [7, 11) is 0. The second-order valence-electron chi connectivity index (χ2n) is 6.31. The van der Waals surface area contributed by atoms with Gasteiger partial charge in [0.1, 0.15) is 0 Å². The first-order chi connectivity index (χ1) is 11.8. The van der Waals surface area contributed by atoms with Crippen molar-refractivity contribution in [3.8, 4) is 0 Å². The van der Waals surface area contributed by atoms with Crippen molar-refractivity contribution in [3.63, 3.8) is 0 Å². The number of fused-ring (bicyclic) bond motifs is 1. The highest BCUT2D eigenvalue weighted by molar-refractivity contribution is 5.79. The highest BCUT2D eigenvalue weighted by Gasteiger charge is 2.25. The van der Waals surface area contributed by atoms with Crippen LogP contribution < -0.4 is 5.32 Å². The average Bonchev–Trinajstić information content (AvgIpc) is 3.05. The number of nitrogens with zero attached hydrogens (tertiary/aromatic N) is 3. The zero-order valence-corrected chi connectivity index (χ0v) is 13.4. The molecule has 0 saturated carbocycles. The van der Waals surface area contributed by atoms with Gasteiger partial charge in [-0.1, -0.05) is 36.4 Å². The molecule has 1 N–H and O–H groups in total. The van der Waals surface area contributed by atoms with Gasteiger partial charge in [0, 0.05) is 25.3 Å². The van der Waals surface area contributed by atoms with Crippen molar-refractivity contribution in [2.45, 2.75) is 19.0 Å². The first kappa shape index (κ1) is 14.9. The fourth-order valence-corrected chi connectivity index (χ4v) is 3.39. The predicted molar refractivity (Wildman–Crippen MR) is 92.5 cm³/mol. The fourth-order valence-electron chi connectivity index (χ4n) is 3.39. The maximum absolute atomic E-state index is 12.1. The van der Waals surface area contributed by atoms with E-state index < -0.39 is 0 Å². The Bertz CT molecular complexity index is 843. The minimum Gasteiger partial charge on any atom is -0.351 e. The number of nitrogens with one attached hydrogen (secondary N) is 1. The zero-order valence-electron chi connectivity index (χ0n) is 13.4. The second kappa shape index (κ2) is 6.45. The molecule has 0 radical (unpaired) electrons. The minimum absolute atomic E-state index is 0.0924. The van der Waals surface area contributed by atoms with Gasteiger partial charge in [0.2, 0.25) is 5.91 Å². The standard InChI is InChI=1S/C19H20N4O/c24-19-14-22(12-16(21-19)11-15-5-2-1-3-6-15)13-18-8-4-7-17-9-10-20-23(17)18/h1-10,16H,11-14H2,(H,21,24)/t16-/m0/s1. The lowest BCUT2D eigenvalue weighted by Gasteiger charge is -2.33. The van der Waals surface area contributed by atoms with Crippen molar-refractivity contribution in [3.05, 3.63) is 72.1 Å². The summed E-state index contributed by atoms with van der Waals surface area (Å²) in [5, 5.41) is 7.49. The van der Waals surface area contributed by atoms with E-state index in [0.29, 0.717) is 6.54 Å². The van der Waals surface area contributed by atoms with E-state index in [1.807, 2.05) is 40.9 Å². The van der Waals surface area contributed by atoms with Gasteiger partial charge in [-0.25, -0.2) is 4.52 Å². The molecule has 5 heteroatoms. The smallest absolute Gasteiger partial charge is 0.234 e. The molecule has 5 nitrogen and oxygen atoms in total. The SMILES string of the molecule is O=C1CN(Cc2cccc3ccnn23)C[C@H](Cc2ccccc2)N1. The van der Waals surface area contributed by atoms with Crippen LogP contribution in [0.15, 0.2) is 60.8 Å². The van der Waals surface area contributed by atoms with E-state index in [2.05, 4.69) is 33.5 Å². The molecule has 2 aromatic heterocycles. The largest absolute Gasteiger partial charge is 0.351 e. The topological polar surface area (TPSA) is 49.6 Å². The molecule has 3 heterocycles. The lowest BCUT2D eigenvalue weighted by Crippen LogP contribution is -2.54. The van der Waals surface area contributed by atoms with Crippen molar-refractivity contribution in [2.75, 3.05) is 13.1 Å². The monoisotopic (exact) mass is 320 g/mol. The Hall–Kier alpha value is -2.66. The molecular formula is C19H20N4O. The van der Waals surface area contributed by atoms with Crippen LogP contribution in [0.1, 0.15) is 11.3 Å². The highest BCUT2D eigenvalue weighted by atomic mass is 16.2. The van der Waals surface area contributed by atoms with E-state index in [4.69, 9.17) is 0 Å². The van der Waals surface area contributed by atoms with Crippen molar-refractivity contribution in [1.82, 2.24) is 19.8 Å². The number of amides is 1. The van der Waals surface area contributed by atoms with Crippen LogP contribution in [0.3, 0.4) is 0 Å². The van der Waals surface area contributed by atoms with E-state index >= 15 is 0 Å². The quantitative estimate of drug-likeness (QED) is 0.798. The van der Waals surface area contributed by atoms with Crippen molar-refractivity contribution in [2.24, 2.45) is 0 Å².